The first kappa shape index (κ1) is 19.1. The number of carbonyl (C=O) groups excluding carboxylic acids is 2. The molecule has 0 N–H and O–H groups in total. The zero-order valence-corrected chi connectivity index (χ0v) is 14.7. The second-order valence-electron chi connectivity index (χ2n) is 5.47. The topological polar surface area (TPSA) is 71.1 Å². The van der Waals surface area contributed by atoms with Crippen molar-refractivity contribution < 1.29 is 28.5 Å². The Morgan fingerprint density at radius 2 is 1.54 bits per heavy atom. The Morgan fingerprint density at radius 1 is 0.923 bits per heavy atom. The van der Waals surface area contributed by atoms with E-state index in [1.165, 1.54) is 12.2 Å². The molecule has 2 aromatic rings. The molecule has 0 saturated heterocycles. The number of hydrogen-bond acceptors (Lipinski definition) is 6. The maximum atomic E-state index is 11.8. The van der Waals surface area contributed by atoms with Gasteiger partial charge in [0.2, 0.25) is 0 Å². The van der Waals surface area contributed by atoms with Gasteiger partial charge in [0.25, 0.3) is 0 Å². The van der Waals surface area contributed by atoms with Gasteiger partial charge in [-0.15, -0.1) is 0 Å². The minimum atomic E-state index is -0.842. The zero-order valence-electron chi connectivity index (χ0n) is 14.7. The van der Waals surface area contributed by atoms with Crippen molar-refractivity contribution in [1.29, 1.82) is 0 Å². The Morgan fingerprint density at radius 3 is 2.15 bits per heavy atom. The third-order valence-corrected chi connectivity index (χ3v) is 3.41. The van der Waals surface area contributed by atoms with Gasteiger partial charge in [-0.25, -0.2) is 9.59 Å². The number of fused-ring (bicyclic) bond motifs is 1. The Balaban J connectivity index is 2.43. The lowest BCUT2D eigenvalue weighted by Gasteiger charge is -2.14. The first-order chi connectivity index (χ1) is 12.5. The van der Waals surface area contributed by atoms with Crippen LogP contribution in [0.25, 0.3) is 10.8 Å². The number of rotatable bonds is 6. The normalized spacial score (nSPS) is 10.1. The molecule has 0 aliphatic rings. The number of ether oxygens (including phenoxy) is 4. The van der Waals surface area contributed by atoms with E-state index in [0.29, 0.717) is 27.8 Å². The summed E-state index contributed by atoms with van der Waals surface area (Å²) in [7, 11) is 0. The molecular formula is C20H20O6. The maximum Gasteiger partial charge on any atom is 0.514 e. The average molecular weight is 356 g/mol. The van der Waals surface area contributed by atoms with Crippen molar-refractivity contribution in [3.63, 3.8) is 0 Å². The lowest BCUT2D eigenvalue weighted by Crippen LogP contribution is -2.13. The number of carbonyl (C=O) groups is 2. The van der Waals surface area contributed by atoms with E-state index < -0.39 is 12.3 Å². The molecule has 26 heavy (non-hydrogen) atoms. The second kappa shape index (κ2) is 8.71. The SMILES string of the molecule is C=CCOC(=O)Oc1cc(C)c(OC(=O)OCC=C)c2cc(C)ccc12. The van der Waals surface area contributed by atoms with Gasteiger partial charge in [-0.05, 0) is 31.5 Å². The molecule has 0 aliphatic carbocycles. The van der Waals surface area contributed by atoms with E-state index in [-0.39, 0.29) is 13.2 Å². The Hall–Kier alpha value is -3.28. The first-order valence-corrected chi connectivity index (χ1v) is 7.91. The molecule has 0 spiro atoms. The predicted octanol–water partition coefficient (Wildman–Crippen LogP) is 4.86. The van der Waals surface area contributed by atoms with Gasteiger partial charge in [0.15, 0.2) is 0 Å². The summed E-state index contributed by atoms with van der Waals surface area (Å²) in [4.78, 5) is 23.6. The van der Waals surface area contributed by atoms with Crippen molar-refractivity contribution in [3.05, 3.63) is 60.7 Å². The standard InChI is InChI=1S/C20H20O6/c1-5-9-23-19(21)25-17-12-14(4)18(26-20(22)24-10-6-2)16-11-13(3)7-8-15(16)17/h5-8,11-12H,1-2,9-10H2,3-4H3. The summed E-state index contributed by atoms with van der Waals surface area (Å²) in [5.74, 6) is 0.642. The van der Waals surface area contributed by atoms with Crippen molar-refractivity contribution in [1.82, 2.24) is 0 Å². The molecule has 0 amide bonds. The highest BCUT2D eigenvalue weighted by molar-refractivity contribution is 5.97. The van der Waals surface area contributed by atoms with Gasteiger partial charge in [0.1, 0.15) is 24.7 Å². The average Bonchev–Trinajstić information content (AvgIpc) is 2.61. The molecule has 0 aliphatic heterocycles. The summed E-state index contributed by atoms with van der Waals surface area (Å²) in [5, 5.41) is 1.22. The molecule has 2 aromatic carbocycles. The summed E-state index contributed by atoms with van der Waals surface area (Å²) in [5.41, 5.74) is 1.55. The van der Waals surface area contributed by atoms with E-state index in [0.717, 1.165) is 5.56 Å². The van der Waals surface area contributed by atoms with Crippen LogP contribution in [0, 0.1) is 13.8 Å². The van der Waals surface area contributed by atoms with Crippen molar-refractivity contribution >= 4 is 23.1 Å². The quantitative estimate of drug-likeness (QED) is 0.418. The minimum absolute atomic E-state index is 0.0468. The van der Waals surface area contributed by atoms with Crippen LogP contribution in [0.1, 0.15) is 11.1 Å². The lowest BCUT2D eigenvalue weighted by molar-refractivity contribution is 0.108. The third-order valence-electron chi connectivity index (χ3n) is 3.41. The van der Waals surface area contributed by atoms with Gasteiger partial charge in [-0.2, -0.15) is 0 Å². The summed E-state index contributed by atoms with van der Waals surface area (Å²) >= 11 is 0. The number of benzene rings is 2. The molecule has 2 rings (SSSR count). The van der Waals surface area contributed by atoms with E-state index in [4.69, 9.17) is 18.9 Å². The predicted molar refractivity (Wildman–Crippen MR) is 97.8 cm³/mol. The smallest absolute Gasteiger partial charge is 0.430 e. The minimum Gasteiger partial charge on any atom is -0.430 e. The summed E-state index contributed by atoms with van der Waals surface area (Å²) in [6.45, 7) is 10.7. The van der Waals surface area contributed by atoms with E-state index in [1.54, 1.807) is 19.1 Å². The molecule has 0 fully saturated rings. The monoisotopic (exact) mass is 356 g/mol. The highest BCUT2D eigenvalue weighted by Gasteiger charge is 2.18. The van der Waals surface area contributed by atoms with Gasteiger partial charge in [0, 0.05) is 10.8 Å². The fourth-order valence-electron chi connectivity index (χ4n) is 2.32. The van der Waals surface area contributed by atoms with E-state index in [1.807, 2.05) is 19.1 Å². The van der Waals surface area contributed by atoms with Crippen molar-refractivity contribution in [2.45, 2.75) is 13.8 Å². The molecule has 0 saturated carbocycles. The lowest BCUT2D eigenvalue weighted by atomic mass is 10.0. The largest absolute Gasteiger partial charge is 0.514 e. The summed E-state index contributed by atoms with van der Waals surface area (Å²) < 4.78 is 20.4. The van der Waals surface area contributed by atoms with Crippen LogP contribution in [-0.4, -0.2) is 25.5 Å². The first-order valence-electron chi connectivity index (χ1n) is 7.91. The van der Waals surface area contributed by atoms with E-state index >= 15 is 0 Å². The van der Waals surface area contributed by atoms with Gasteiger partial charge < -0.3 is 18.9 Å². The molecule has 0 aromatic heterocycles. The summed E-state index contributed by atoms with van der Waals surface area (Å²) in [6, 6.07) is 7.07. The van der Waals surface area contributed by atoms with Gasteiger partial charge in [-0.3, -0.25) is 0 Å². The van der Waals surface area contributed by atoms with Crippen LogP contribution >= 0.6 is 0 Å². The Kier molecular flexibility index (Phi) is 6.38. The molecule has 0 unspecified atom stereocenters. The van der Waals surface area contributed by atoms with Crippen molar-refractivity contribution in [2.75, 3.05) is 13.2 Å². The van der Waals surface area contributed by atoms with Crippen LogP contribution in [0.2, 0.25) is 0 Å². The van der Waals surface area contributed by atoms with Gasteiger partial charge in [0.05, 0.1) is 0 Å². The summed E-state index contributed by atoms with van der Waals surface area (Å²) in [6.07, 6.45) is 1.21. The zero-order chi connectivity index (χ0) is 19.1. The molecule has 0 bridgehead atoms. The fourth-order valence-corrected chi connectivity index (χ4v) is 2.32. The fraction of sp³-hybridized carbons (Fsp3) is 0.200. The molecule has 0 heterocycles. The van der Waals surface area contributed by atoms with E-state index in [2.05, 4.69) is 13.2 Å². The van der Waals surface area contributed by atoms with Gasteiger partial charge >= 0.3 is 12.3 Å². The van der Waals surface area contributed by atoms with E-state index in [9.17, 15) is 9.59 Å². The van der Waals surface area contributed by atoms with Crippen molar-refractivity contribution in [3.8, 4) is 11.5 Å². The third kappa shape index (κ3) is 4.63. The van der Waals surface area contributed by atoms with Crippen LogP contribution in [-0.2, 0) is 9.47 Å². The number of aryl methyl sites for hydroxylation is 2. The Bertz CT molecular complexity index is 853. The molecular weight excluding hydrogens is 336 g/mol. The molecule has 136 valence electrons. The number of hydrogen-bond donors (Lipinski definition) is 0. The maximum absolute atomic E-state index is 11.8. The Labute approximate surface area is 151 Å². The highest BCUT2D eigenvalue weighted by atomic mass is 16.7. The molecule has 6 nitrogen and oxygen atoms in total. The highest BCUT2D eigenvalue weighted by Crippen LogP contribution is 2.37. The van der Waals surface area contributed by atoms with Gasteiger partial charge in [-0.1, -0.05) is 43.0 Å². The van der Waals surface area contributed by atoms with Crippen LogP contribution in [0.3, 0.4) is 0 Å². The van der Waals surface area contributed by atoms with Crippen LogP contribution in [0.5, 0.6) is 11.5 Å². The van der Waals surface area contributed by atoms with Crippen LogP contribution in [0.15, 0.2) is 49.6 Å². The van der Waals surface area contributed by atoms with Crippen LogP contribution in [0.4, 0.5) is 9.59 Å². The van der Waals surface area contributed by atoms with Crippen molar-refractivity contribution in [2.24, 2.45) is 0 Å². The second-order valence-corrected chi connectivity index (χ2v) is 5.47. The molecule has 0 atom stereocenters. The van der Waals surface area contributed by atoms with Crippen LogP contribution < -0.4 is 9.47 Å². The molecule has 6 heteroatoms. The molecule has 0 radical (unpaired) electrons.